The number of phenols is 2. The molecule has 26 heteroatoms. The summed E-state index contributed by atoms with van der Waals surface area (Å²) in [6, 6.07) is 53.3. The molecule has 117 heavy (non-hydrogen) atoms. The topological polar surface area (TPSA) is 205 Å². The molecule has 4 amide bonds. The Labute approximate surface area is 684 Å². The van der Waals surface area contributed by atoms with Gasteiger partial charge in [0.25, 0.3) is 17.7 Å². The molecule has 22 nitrogen and oxygen atoms in total. The van der Waals surface area contributed by atoms with Gasteiger partial charge in [0.05, 0.1) is 106 Å². The Hall–Kier alpha value is -11.0. The quantitative estimate of drug-likeness (QED) is 0.0345. The van der Waals surface area contributed by atoms with Gasteiger partial charge in [-0.05, 0) is 186 Å². The van der Waals surface area contributed by atoms with E-state index in [-0.39, 0.29) is 37.0 Å². The van der Waals surface area contributed by atoms with Gasteiger partial charge in [-0.25, -0.2) is 27.1 Å². The number of ether oxygens (including phenoxy) is 4. The lowest BCUT2D eigenvalue weighted by Crippen LogP contribution is -2.39. The van der Waals surface area contributed by atoms with E-state index < -0.39 is 44.4 Å². The van der Waals surface area contributed by atoms with Gasteiger partial charge in [-0.1, -0.05) is 80.1 Å². The van der Waals surface area contributed by atoms with E-state index in [1.165, 1.54) is 60.5 Å². The smallest absolute Gasteiger partial charge is 0.258 e. The number of carbonyl (C=O) groups is 4. The number of aromatic nitrogens is 3. The van der Waals surface area contributed by atoms with Crippen LogP contribution in [0.2, 0.25) is 0 Å². The van der Waals surface area contributed by atoms with Crippen LogP contribution < -0.4 is 43.9 Å². The summed E-state index contributed by atoms with van der Waals surface area (Å²) in [5.41, 5.74) is 15.1. The van der Waals surface area contributed by atoms with Gasteiger partial charge < -0.3 is 73.3 Å². The highest BCUT2D eigenvalue weighted by molar-refractivity contribution is 5.99. The minimum atomic E-state index is -1.12. The van der Waals surface area contributed by atoms with E-state index in [9.17, 15) is 47.0 Å². The van der Waals surface area contributed by atoms with Crippen LogP contribution in [-0.2, 0) is 65.9 Å². The third kappa shape index (κ3) is 23.5. The second-order valence-corrected chi connectivity index (χ2v) is 29.4. The van der Waals surface area contributed by atoms with E-state index in [0.717, 1.165) is 145 Å². The van der Waals surface area contributed by atoms with Gasteiger partial charge in [0, 0.05) is 112 Å². The van der Waals surface area contributed by atoms with Gasteiger partial charge in [0.2, 0.25) is 5.91 Å². The molecule has 0 spiro atoms. The molecule has 0 radical (unpaired) electrons. The number of aryl methyl sites for hydroxylation is 2. The highest BCUT2D eigenvalue weighted by Gasteiger charge is 2.29. The van der Waals surface area contributed by atoms with Crippen LogP contribution in [0.25, 0.3) is 16.9 Å². The van der Waals surface area contributed by atoms with Crippen LogP contribution >= 0.6 is 0 Å². The third-order valence-electron chi connectivity index (χ3n) is 21.5. The Bertz CT molecular complexity index is 4620. The number of benzene rings is 7. The number of hydrogen-bond acceptors (Lipinski definition) is 17. The highest BCUT2D eigenvalue weighted by atomic mass is 19.1. The van der Waals surface area contributed by atoms with Crippen molar-refractivity contribution >= 4 is 74.8 Å². The maximum absolute atomic E-state index is 13.5. The van der Waals surface area contributed by atoms with Gasteiger partial charge in [0.15, 0.2) is 37.2 Å². The monoisotopic (exact) mass is 1610 g/mol. The van der Waals surface area contributed by atoms with Crippen molar-refractivity contribution in [3.05, 3.63) is 203 Å². The number of carbonyl (C=O) groups excluding carboxylic acids is 4. The molecule has 2 N–H and O–H groups in total. The molecule has 7 heterocycles. The van der Waals surface area contributed by atoms with Crippen molar-refractivity contribution in [1.29, 1.82) is 0 Å². The van der Waals surface area contributed by atoms with Crippen molar-refractivity contribution in [3.8, 4) is 28.5 Å². The molecule has 624 valence electrons. The SMILES string of the molecule is CCCCc1cc(C)nc2c(CC(=O)N(CC)CC)c(-c3ccc(OCCF)cc3)nn12.O=C(CF)N(Cc1ccc(N2CCCC2)cc1)c1ccccc1N1CCOCC1.O=C(CF)N(Cc1ccc(N2CCCCC2)cc1)c1ccccc1N1CCOCC1.O=C(CF)N(Cc1ccc(O)c(O)c1)c1ccccc1N1CCOCC1. The first-order valence-corrected chi connectivity index (χ1v) is 41.1. The van der Waals surface area contributed by atoms with Crippen LogP contribution in [0, 0.1) is 6.92 Å². The summed E-state index contributed by atoms with van der Waals surface area (Å²) < 4.78 is 76.1. The lowest BCUT2D eigenvalue weighted by molar-refractivity contribution is -0.130. The fourth-order valence-corrected chi connectivity index (χ4v) is 15.3. The Morgan fingerprint density at radius 1 is 0.470 bits per heavy atom. The number of aromatic hydroxyl groups is 2. The predicted molar refractivity (Wildman–Crippen MR) is 455 cm³/mol. The maximum Gasteiger partial charge on any atom is 0.258 e. The van der Waals surface area contributed by atoms with E-state index >= 15 is 0 Å². The van der Waals surface area contributed by atoms with Crippen LogP contribution in [0.5, 0.6) is 17.2 Å². The number of fused-ring (bicyclic) bond motifs is 1. The molecule has 7 aromatic carbocycles. The molecule has 0 atom stereocenters. The molecule has 0 unspecified atom stereocenters. The summed E-state index contributed by atoms with van der Waals surface area (Å²) in [5.74, 6) is -1.56. The molecule has 5 saturated heterocycles. The molecular weight excluding hydrogens is 1500 g/mol. The average Bonchev–Trinajstić information content (AvgIpc) is 1.62. The molecule has 5 aliphatic rings. The molecule has 14 rings (SSSR count). The van der Waals surface area contributed by atoms with Crippen molar-refractivity contribution in [2.75, 3.05) is 191 Å². The van der Waals surface area contributed by atoms with Gasteiger partial charge in [0.1, 0.15) is 19.0 Å². The fourth-order valence-electron chi connectivity index (χ4n) is 15.3. The number of piperidine rings is 1. The molecule has 9 aromatic rings. The zero-order valence-electron chi connectivity index (χ0n) is 68.0. The highest BCUT2D eigenvalue weighted by Crippen LogP contribution is 2.37. The van der Waals surface area contributed by atoms with E-state index in [4.69, 9.17) is 29.0 Å². The number of morpholine rings is 3. The van der Waals surface area contributed by atoms with Crippen LogP contribution in [0.15, 0.2) is 170 Å². The molecule has 0 saturated carbocycles. The second-order valence-electron chi connectivity index (χ2n) is 29.4. The van der Waals surface area contributed by atoms with Gasteiger partial charge in [-0.2, -0.15) is 5.10 Å². The van der Waals surface area contributed by atoms with Crippen molar-refractivity contribution in [3.63, 3.8) is 0 Å². The first-order chi connectivity index (χ1) is 57.1. The summed E-state index contributed by atoms with van der Waals surface area (Å²) in [4.78, 5) is 72.8. The van der Waals surface area contributed by atoms with E-state index in [2.05, 4.69) is 73.9 Å². The first-order valence-electron chi connectivity index (χ1n) is 41.1. The molecule has 0 aliphatic carbocycles. The summed E-state index contributed by atoms with van der Waals surface area (Å²) in [5, 5.41) is 24.1. The van der Waals surface area contributed by atoms with Crippen LogP contribution in [0.3, 0.4) is 0 Å². The van der Waals surface area contributed by atoms with Gasteiger partial charge in [-0.15, -0.1) is 0 Å². The molecule has 0 bridgehead atoms. The summed E-state index contributed by atoms with van der Waals surface area (Å²) in [7, 11) is 0. The fraction of sp³-hybridized carbons (Fsp3) is 0.429. The number of anilines is 8. The first kappa shape index (κ1) is 86.9. The number of unbranched alkanes of at least 4 members (excludes halogenated alkanes) is 1. The number of amides is 4. The van der Waals surface area contributed by atoms with Crippen LogP contribution in [0.1, 0.15) is 99.4 Å². The van der Waals surface area contributed by atoms with Crippen molar-refractivity contribution < 1.29 is 65.9 Å². The third-order valence-corrected chi connectivity index (χ3v) is 21.5. The lowest BCUT2D eigenvalue weighted by atomic mass is 10.0. The summed E-state index contributed by atoms with van der Waals surface area (Å²) in [6.07, 6.45) is 9.53. The molecule has 5 fully saturated rings. The standard InChI is InChI=1S/C25H33FN4O2.C24H30FN3O2.C23H28FN3O2.C19H21FN2O4/c1-5-8-9-20-16-18(4)27-25-22(17-23(31)29(6-2)7-3)24(28-30(20)25)19-10-12-21(13-11-19)32-15-14-26;25-18-24(29)28(23-7-3-2-6-22(23)27-14-16-30-17-15-27)19-20-8-10-21(11-9-20)26-12-4-1-5-13-26;24-17-23(28)27(18-19-7-9-20(10-8-19)25-11-3-4-12-25)22-6-2-1-5-21(22)26-13-15-29-16-14-26;20-12-19(25)22(13-14-5-6-17(23)18(24)11-14)16-4-2-1-3-15(16)21-7-9-26-10-8-21/h10-13,16H,5-9,14-15,17H2,1-4H3;2-3,6-11H,1,4-5,12-19H2;1-2,5-10H,3-4,11-18H2;1-6,11,23-24H,7-10,12-13H2. The normalized spacial score (nSPS) is 14.8. The zero-order valence-corrected chi connectivity index (χ0v) is 68.0. The Morgan fingerprint density at radius 2 is 0.889 bits per heavy atom. The van der Waals surface area contributed by atoms with Crippen molar-refractivity contribution in [1.82, 2.24) is 19.5 Å². The van der Waals surface area contributed by atoms with Gasteiger partial charge >= 0.3 is 0 Å². The van der Waals surface area contributed by atoms with Crippen LogP contribution in [-0.4, -0.2) is 205 Å². The van der Waals surface area contributed by atoms with Crippen LogP contribution in [0.4, 0.5) is 63.1 Å². The van der Waals surface area contributed by atoms with Crippen molar-refractivity contribution in [2.24, 2.45) is 0 Å². The van der Waals surface area contributed by atoms with Gasteiger partial charge in [-0.3, -0.25) is 19.2 Å². The lowest BCUT2D eigenvalue weighted by Gasteiger charge is -2.33. The number of nitrogens with zero attached hydrogens (tertiary/aromatic N) is 12. The number of halogens is 4. The van der Waals surface area contributed by atoms with E-state index in [1.54, 1.807) is 28.0 Å². The molecule has 5 aliphatic heterocycles. The Morgan fingerprint density at radius 3 is 1.30 bits per heavy atom. The number of hydrogen-bond donors (Lipinski definition) is 2. The van der Waals surface area contributed by atoms with E-state index in [1.807, 2.05) is 127 Å². The largest absolute Gasteiger partial charge is 0.504 e. The minimum absolute atomic E-state index is 0.0291. The zero-order chi connectivity index (χ0) is 82.4. The predicted octanol–water partition coefficient (Wildman–Crippen LogP) is 14.9. The van der Waals surface area contributed by atoms with Crippen molar-refractivity contribution in [2.45, 2.75) is 105 Å². The van der Waals surface area contributed by atoms with E-state index in [0.29, 0.717) is 95.9 Å². The Balaban J connectivity index is 0.000000154. The number of para-hydroxylation sites is 6. The number of phenolic OH excluding ortho intramolecular Hbond substituents is 2. The minimum Gasteiger partial charge on any atom is -0.504 e. The average molecular weight is 1610 g/mol. The maximum atomic E-state index is 13.5. The number of likely N-dealkylation sites (N-methyl/N-ethyl adjacent to an activating group) is 1. The number of rotatable bonds is 28. The number of alkyl halides is 4. The molecular formula is C91H112F4N12O10. The Kier molecular flexibility index (Phi) is 33.0. The summed E-state index contributed by atoms with van der Waals surface area (Å²) in [6.45, 7) is 19.2. The second kappa shape index (κ2) is 44.4. The molecule has 2 aromatic heterocycles. The summed E-state index contributed by atoms with van der Waals surface area (Å²) >= 11 is 0.